The second-order valence-corrected chi connectivity index (χ2v) is 7.18. The molecule has 1 aliphatic heterocycles. The number of nitrogens with zero attached hydrogens (tertiary/aromatic N) is 2. The fourth-order valence-electron chi connectivity index (χ4n) is 2.96. The highest BCUT2D eigenvalue weighted by atomic mass is 16.6. The number of carbonyl (C=O) groups is 1. The van der Waals surface area contributed by atoms with Gasteiger partial charge in [0.15, 0.2) is 0 Å². The zero-order valence-electron chi connectivity index (χ0n) is 14.6. The lowest BCUT2D eigenvalue weighted by molar-refractivity contribution is 0.0254. The number of nitrogens with two attached hydrogens (primary N) is 1. The van der Waals surface area contributed by atoms with E-state index in [9.17, 15) is 4.79 Å². The van der Waals surface area contributed by atoms with E-state index in [0.717, 1.165) is 25.3 Å². The quantitative estimate of drug-likeness (QED) is 0.926. The van der Waals surface area contributed by atoms with Gasteiger partial charge in [0.2, 0.25) is 0 Å². The molecule has 2 heterocycles. The van der Waals surface area contributed by atoms with Crippen molar-refractivity contribution in [2.45, 2.75) is 51.8 Å². The van der Waals surface area contributed by atoms with Crippen LogP contribution in [0.2, 0.25) is 0 Å². The fourth-order valence-corrected chi connectivity index (χ4v) is 2.96. The Labute approximate surface area is 138 Å². The smallest absolute Gasteiger partial charge is 0.410 e. The lowest BCUT2D eigenvalue weighted by Gasteiger charge is -2.32. The first-order valence-corrected chi connectivity index (χ1v) is 8.29. The summed E-state index contributed by atoms with van der Waals surface area (Å²) in [6, 6.07) is 3.83. The Balaban J connectivity index is 2.01. The molecule has 1 aliphatic rings. The zero-order valence-corrected chi connectivity index (χ0v) is 14.6. The minimum atomic E-state index is -0.467. The number of ether oxygens (including phenoxy) is 1. The Bertz CT molecular complexity index is 494. The lowest BCUT2D eigenvalue weighted by Crippen LogP contribution is -2.42. The van der Waals surface area contributed by atoms with Crippen LogP contribution in [-0.2, 0) is 4.74 Å². The van der Waals surface area contributed by atoms with Crippen molar-refractivity contribution in [1.82, 2.24) is 9.80 Å². The van der Waals surface area contributed by atoms with Crippen LogP contribution in [0.5, 0.6) is 0 Å². The van der Waals surface area contributed by atoms with E-state index in [0.29, 0.717) is 13.1 Å². The first kappa shape index (κ1) is 17.8. The molecule has 0 saturated carbocycles. The molecule has 1 aromatic rings. The molecule has 23 heavy (non-hydrogen) atoms. The molecule has 1 fully saturated rings. The molecule has 6 nitrogen and oxygen atoms in total. The Hall–Kier alpha value is -1.53. The Morgan fingerprint density at radius 3 is 2.61 bits per heavy atom. The Morgan fingerprint density at radius 1 is 1.30 bits per heavy atom. The molecular weight excluding hydrogens is 294 g/mol. The van der Waals surface area contributed by atoms with Crippen LogP contribution in [0.25, 0.3) is 0 Å². The van der Waals surface area contributed by atoms with Crippen molar-refractivity contribution in [2.24, 2.45) is 5.73 Å². The van der Waals surface area contributed by atoms with Gasteiger partial charge < -0.3 is 19.8 Å². The molecule has 6 heteroatoms. The van der Waals surface area contributed by atoms with Gasteiger partial charge in [-0.2, -0.15) is 0 Å². The fraction of sp³-hybridized carbons (Fsp3) is 0.706. The van der Waals surface area contributed by atoms with Crippen LogP contribution in [0.4, 0.5) is 4.79 Å². The van der Waals surface area contributed by atoms with Crippen molar-refractivity contribution in [1.29, 1.82) is 0 Å². The van der Waals surface area contributed by atoms with Gasteiger partial charge >= 0.3 is 6.09 Å². The van der Waals surface area contributed by atoms with E-state index in [2.05, 4.69) is 4.90 Å². The van der Waals surface area contributed by atoms with E-state index < -0.39 is 5.60 Å². The standard InChI is InChI=1S/C17H29N3O3/c1-13(18)15(14-7-5-12-22-14)19-8-6-9-20(11-10-19)16(21)23-17(2,3)4/h5,7,12-13,15H,6,8-11,18H2,1-4H3. The van der Waals surface area contributed by atoms with Crippen molar-refractivity contribution in [2.75, 3.05) is 26.2 Å². The maximum Gasteiger partial charge on any atom is 0.410 e. The van der Waals surface area contributed by atoms with Gasteiger partial charge in [-0.3, -0.25) is 4.90 Å². The second kappa shape index (κ2) is 7.36. The summed E-state index contributed by atoms with van der Waals surface area (Å²) in [5.74, 6) is 0.880. The summed E-state index contributed by atoms with van der Waals surface area (Å²) in [5, 5.41) is 0. The number of amides is 1. The van der Waals surface area contributed by atoms with E-state index >= 15 is 0 Å². The van der Waals surface area contributed by atoms with Crippen molar-refractivity contribution < 1.29 is 13.9 Å². The van der Waals surface area contributed by atoms with Gasteiger partial charge in [-0.15, -0.1) is 0 Å². The number of hydrogen-bond acceptors (Lipinski definition) is 5. The summed E-state index contributed by atoms with van der Waals surface area (Å²) < 4.78 is 11.0. The molecule has 2 rings (SSSR count). The first-order chi connectivity index (χ1) is 10.8. The normalized spacial score (nSPS) is 20.0. The number of rotatable bonds is 3. The van der Waals surface area contributed by atoms with Crippen LogP contribution in [0.3, 0.4) is 0 Å². The van der Waals surface area contributed by atoms with E-state index in [4.69, 9.17) is 14.9 Å². The molecule has 0 aromatic carbocycles. The maximum absolute atomic E-state index is 12.2. The zero-order chi connectivity index (χ0) is 17.0. The molecule has 1 aromatic heterocycles. The average Bonchev–Trinajstić information content (AvgIpc) is 2.81. The van der Waals surface area contributed by atoms with Crippen molar-refractivity contribution in [3.8, 4) is 0 Å². The topological polar surface area (TPSA) is 71.9 Å². The Morgan fingerprint density at radius 2 is 2.04 bits per heavy atom. The minimum absolute atomic E-state index is 0.0311. The summed E-state index contributed by atoms with van der Waals surface area (Å²) in [7, 11) is 0. The molecule has 1 amide bonds. The van der Waals surface area contributed by atoms with Crippen LogP contribution < -0.4 is 5.73 Å². The largest absolute Gasteiger partial charge is 0.468 e. The van der Waals surface area contributed by atoms with E-state index in [-0.39, 0.29) is 18.2 Å². The molecule has 2 N–H and O–H groups in total. The SMILES string of the molecule is CC(N)C(c1ccco1)N1CCCN(C(=O)OC(C)(C)C)CC1. The summed E-state index contributed by atoms with van der Waals surface area (Å²) in [6.45, 7) is 10.6. The molecular formula is C17H29N3O3. The van der Waals surface area contributed by atoms with Gasteiger partial charge in [-0.05, 0) is 46.2 Å². The third-order valence-electron chi connectivity index (χ3n) is 3.91. The highest BCUT2D eigenvalue weighted by molar-refractivity contribution is 5.68. The predicted octanol–water partition coefficient (Wildman–Crippen LogP) is 2.61. The highest BCUT2D eigenvalue weighted by Crippen LogP contribution is 2.25. The summed E-state index contributed by atoms with van der Waals surface area (Å²) in [4.78, 5) is 16.3. The molecule has 0 radical (unpaired) electrons. The van der Waals surface area contributed by atoms with Crippen LogP contribution in [0, 0.1) is 0 Å². The molecule has 2 unspecified atom stereocenters. The van der Waals surface area contributed by atoms with Gasteiger partial charge in [0.25, 0.3) is 0 Å². The summed E-state index contributed by atoms with van der Waals surface area (Å²) in [6.07, 6.45) is 2.33. The van der Waals surface area contributed by atoms with Gasteiger partial charge in [0.05, 0.1) is 12.3 Å². The van der Waals surface area contributed by atoms with E-state index in [1.807, 2.05) is 39.8 Å². The first-order valence-electron chi connectivity index (χ1n) is 8.29. The predicted molar refractivity (Wildman–Crippen MR) is 89.1 cm³/mol. The molecule has 0 aliphatic carbocycles. The molecule has 1 saturated heterocycles. The third-order valence-corrected chi connectivity index (χ3v) is 3.91. The number of furan rings is 1. The van der Waals surface area contributed by atoms with Gasteiger partial charge in [0.1, 0.15) is 11.4 Å². The summed E-state index contributed by atoms with van der Waals surface area (Å²) >= 11 is 0. The minimum Gasteiger partial charge on any atom is -0.468 e. The Kier molecular flexibility index (Phi) is 5.70. The van der Waals surface area contributed by atoms with Crippen molar-refractivity contribution >= 4 is 6.09 Å². The van der Waals surface area contributed by atoms with Gasteiger partial charge in [-0.1, -0.05) is 0 Å². The third kappa shape index (κ3) is 4.97. The average molecular weight is 323 g/mol. The number of hydrogen-bond donors (Lipinski definition) is 1. The molecule has 0 spiro atoms. The monoisotopic (exact) mass is 323 g/mol. The number of carbonyl (C=O) groups excluding carboxylic acids is 1. The van der Waals surface area contributed by atoms with Crippen LogP contribution in [0.15, 0.2) is 22.8 Å². The van der Waals surface area contributed by atoms with E-state index in [1.165, 1.54) is 0 Å². The highest BCUT2D eigenvalue weighted by Gasteiger charge is 2.30. The van der Waals surface area contributed by atoms with Crippen molar-refractivity contribution in [3.05, 3.63) is 24.2 Å². The lowest BCUT2D eigenvalue weighted by atomic mass is 10.1. The van der Waals surface area contributed by atoms with Crippen LogP contribution in [-0.4, -0.2) is 53.7 Å². The summed E-state index contributed by atoms with van der Waals surface area (Å²) in [5.41, 5.74) is 5.71. The molecule has 130 valence electrons. The van der Waals surface area contributed by atoms with Crippen LogP contribution in [0.1, 0.15) is 45.9 Å². The van der Waals surface area contributed by atoms with Gasteiger partial charge in [0, 0.05) is 32.2 Å². The molecule has 2 atom stereocenters. The van der Waals surface area contributed by atoms with E-state index in [1.54, 1.807) is 11.2 Å². The van der Waals surface area contributed by atoms with Gasteiger partial charge in [-0.25, -0.2) is 4.79 Å². The maximum atomic E-state index is 12.2. The molecule has 0 bridgehead atoms. The second-order valence-electron chi connectivity index (χ2n) is 7.18. The van der Waals surface area contributed by atoms with Crippen LogP contribution >= 0.6 is 0 Å². The van der Waals surface area contributed by atoms with Crippen molar-refractivity contribution in [3.63, 3.8) is 0 Å².